The molecule has 1 aromatic carbocycles. The molecule has 0 aliphatic rings. The average molecular weight is 321 g/mol. The lowest BCUT2D eigenvalue weighted by Crippen LogP contribution is -2.44. The van der Waals surface area contributed by atoms with Gasteiger partial charge in [-0.15, -0.1) is 0 Å². The van der Waals surface area contributed by atoms with E-state index in [9.17, 15) is 9.90 Å². The Balaban J connectivity index is 3.35. The van der Waals surface area contributed by atoms with Gasteiger partial charge in [0.05, 0.1) is 5.02 Å². The van der Waals surface area contributed by atoms with Crippen LogP contribution < -0.4 is 4.43 Å². The van der Waals surface area contributed by atoms with Crippen LogP contribution in [0.25, 0.3) is 0 Å². The van der Waals surface area contributed by atoms with E-state index in [1.165, 1.54) is 12.1 Å². The van der Waals surface area contributed by atoms with Crippen molar-refractivity contribution in [3.63, 3.8) is 0 Å². The van der Waals surface area contributed by atoms with E-state index in [2.05, 4.69) is 20.8 Å². The predicted molar refractivity (Wildman–Crippen MR) is 81.2 cm³/mol. The van der Waals surface area contributed by atoms with Gasteiger partial charge in [-0.2, -0.15) is 0 Å². The fraction of sp³-hybridized carbons (Fsp3) is 0.462. The third kappa shape index (κ3) is 3.44. The quantitative estimate of drug-likeness (QED) is 0.790. The van der Waals surface area contributed by atoms with Gasteiger partial charge in [0.2, 0.25) is 0 Å². The van der Waals surface area contributed by atoms with Crippen molar-refractivity contribution in [2.45, 2.75) is 38.9 Å². The second-order valence-corrected chi connectivity index (χ2v) is 11.4. The summed E-state index contributed by atoms with van der Waals surface area (Å²) in [7, 11) is -2.18. The van der Waals surface area contributed by atoms with Crippen molar-refractivity contribution in [2.24, 2.45) is 0 Å². The second-order valence-electron chi connectivity index (χ2n) is 5.91. The van der Waals surface area contributed by atoms with Gasteiger partial charge < -0.3 is 9.53 Å². The normalized spacial score (nSPS) is 12.4. The van der Waals surface area contributed by atoms with Gasteiger partial charge in [0.25, 0.3) is 8.32 Å². The van der Waals surface area contributed by atoms with Crippen LogP contribution in [-0.2, 0) is 0 Å². The highest BCUT2D eigenvalue weighted by atomic mass is 35.5. The molecule has 0 radical (unpaired) electrons. The van der Waals surface area contributed by atoms with Crippen LogP contribution in [-0.4, -0.2) is 19.4 Å². The predicted octanol–water partition coefficient (Wildman–Crippen LogP) is 5.08. The van der Waals surface area contributed by atoms with Crippen molar-refractivity contribution >= 4 is 37.5 Å². The van der Waals surface area contributed by atoms with Gasteiger partial charge in [-0.3, -0.25) is 0 Å². The van der Waals surface area contributed by atoms with E-state index < -0.39 is 14.3 Å². The summed E-state index contributed by atoms with van der Waals surface area (Å²) in [6.07, 6.45) is 0. The van der Waals surface area contributed by atoms with E-state index in [-0.39, 0.29) is 21.4 Å². The molecule has 1 rings (SSSR count). The van der Waals surface area contributed by atoms with Crippen molar-refractivity contribution in [1.29, 1.82) is 0 Å². The van der Waals surface area contributed by atoms with E-state index in [1.807, 2.05) is 13.1 Å². The summed E-state index contributed by atoms with van der Waals surface area (Å²) in [4.78, 5) is 11.3. The summed E-state index contributed by atoms with van der Waals surface area (Å²) in [6, 6.07) is 2.88. The van der Waals surface area contributed by atoms with Gasteiger partial charge >= 0.3 is 5.97 Å². The molecule has 0 fully saturated rings. The Hall–Kier alpha value is -0.713. The summed E-state index contributed by atoms with van der Waals surface area (Å²) in [6.45, 7) is 10.3. The summed E-state index contributed by atoms with van der Waals surface area (Å²) >= 11 is 12.0. The molecule has 1 aromatic rings. The summed E-state index contributed by atoms with van der Waals surface area (Å²) < 4.78 is 6.01. The van der Waals surface area contributed by atoms with Gasteiger partial charge in [0.15, 0.2) is 0 Å². The first-order valence-corrected chi connectivity index (χ1v) is 9.54. The maximum absolute atomic E-state index is 11.3. The number of carbonyl (C=O) groups is 1. The van der Waals surface area contributed by atoms with E-state index in [0.29, 0.717) is 5.02 Å². The van der Waals surface area contributed by atoms with Crippen LogP contribution in [0.2, 0.25) is 28.2 Å². The number of rotatable bonds is 3. The van der Waals surface area contributed by atoms with Gasteiger partial charge in [-0.25, -0.2) is 4.79 Å². The zero-order valence-electron chi connectivity index (χ0n) is 11.7. The summed E-state index contributed by atoms with van der Waals surface area (Å²) in [5.74, 6) is -0.902. The molecule has 0 aliphatic heterocycles. The van der Waals surface area contributed by atoms with Crippen LogP contribution in [0.5, 0.6) is 5.75 Å². The van der Waals surface area contributed by atoms with Gasteiger partial charge in [0.1, 0.15) is 16.3 Å². The SMILES string of the molecule is CC(C)(C)[Si](C)(C)Oc1c(C(=O)O)ccc(Cl)c1Cl. The highest BCUT2D eigenvalue weighted by molar-refractivity contribution is 6.75. The van der Waals surface area contributed by atoms with Gasteiger partial charge in [-0.1, -0.05) is 44.0 Å². The first-order valence-electron chi connectivity index (χ1n) is 5.87. The number of hydrogen-bond donors (Lipinski definition) is 1. The molecule has 0 aliphatic carbocycles. The Bertz CT molecular complexity index is 507. The molecule has 0 spiro atoms. The molecule has 0 amide bonds. The zero-order chi connectivity index (χ0) is 15.0. The molecule has 19 heavy (non-hydrogen) atoms. The smallest absolute Gasteiger partial charge is 0.339 e. The molecular formula is C13H18Cl2O3Si. The van der Waals surface area contributed by atoms with Crippen LogP contribution in [0.15, 0.2) is 12.1 Å². The summed E-state index contributed by atoms with van der Waals surface area (Å²) in [5, 5.41) is 9.60. The Morgan fingerprint density at radius 2 is 1.79 bits per heavy atom. The fourth-order valence-electron chi connectivity index (χ4n) is 1.21. The maximum atomic E-state index is 11.3. The fourth-order valence-corrected chi connectivity index (χ4v) is 2.65. The molecule has 1 N–H and O–H groups in total. The maximum Gasteiger partial charge on any atom is 0.339 e. The molecule has 0 heterocycles. The minimum Gasteiger partial charge on any atom is -0.542 e. The van der Waals surface area contributed by atoms with E-state index in [4.69, 9.17) is 27.6 Å². The third-order valence-corrected chi connectivity index (χ3v) is 8.56. The van der Waals surface area contributed by atoms with Crippen LogP contribution in [0.3, 0.4) is 0 Å². The zero-order valence-corrected chi connectivity index (χ0v) is 14.2. The molecule has 3 nitrogen and oxygen atoms in total. The highest BCUT2D eigenvalue weighted by Gasteiger charge is 2.40. The lowest BCUT2D eigenvalue weighted by Gasteiger charge is -2.37. The van der Waals surface area contributed by atoms with Crippen molar-refractivity contribution in [3.8, 4) is 5.75 Å². The molecule has 0 aromatic heterocycles. The van der Waals surface area contributed by atoms with Crippen molar-refractivity contribution in [1.82, 2.24) is 0 Å². The summed E-state index contributed by atoms with van der Waals surface area (Å²) in [5.41, 5.74) is 0.0409. The molecule has 0 saturated carbocycles. The lowest BCUT2D eigenvalue weighted by atomic mass is 10.2. The van der Waals surface area contributed by atoms with Crippen molar-refractivity contribution < 1.29 is 14.3 Å². The van der Waals surface area contributed by atoms with Crippen molar-refractivity contribution in [2.75, 3.05) is 0 Å². The number of carboxylic acid groups (broad SMARTS) is 1. The standard InChI is InChI=1S/C13H18Cl2O3Si/c1-13(2,3)19(4,5)18-11-8(12(16)17)6-7-9(14)10(11)15/h6-7H,1-5H3,(H,16,17). The van der Waals surface area contributed by atoms with Crippen LogP contribution >= 0.6 is 23.2 Å². The van der Waals surface area contributed by atoms with Gasteiger partial charge in [-0.05, 0) is 30.3 Å². The topological polar surface area (TPSA) is 46.5 Å². The van der Waals surface area contributed by atoms with Crippen LogP contribution in [0.1, 0.15) is 31.1 Å². The molecular weight excluding hydrogens is 303 g/mol. The Labute approximate surface area is 124 Å². The Kier molecular flexibility index (Phi) is 4.60. The number of halogens is 2. The van der Waals surface area contributed by atoms with E-state index in [1.54, 1.807) is 0 Å². The lowest BCUT2D eigenvalue weighted by molar-refractivity contribution is 0.0694. The number of benzene rings is 1. The van der Waals surface area contributed by atoms with Gasteiger partial charge in [0, 0.05) is 0 Å². The van der Waals surface area contributed by atoms with E-state index >= 15 is 0 Å². The first kappa shape index (κ1) is 16.3. The Morgan fingerprint density at radius 3 is 2.21 bits per heavy atom. The molecule has 0 bridgehead atoms. The largest absolute Gasteiger partial charge is 0.542 e. The molecule has 0 unspecified atom stereocenters. The van der Waals surface area contributed by atoms with Crippen LogP contribution in [0.4, 0.5) is 0 Å². The third-order valence-electron chi connectivity index (χ3n) is 3.44. The monoisotopic (exact) mass is 320 g/mol. The average Bonchev–Trinajstić information content (AvgIpc) is 2.22. The minimum atomic E-state index is -2.18. The number of carboxylic acids is 1. The number of aromatic carboxylic acids is 1. The van der Waals surface area contributed by atoms with Crippen LogP contribution in [0, 0.1) is 0 Å². The molecule has 106 valence electrons. The first-order chi connectivity index (χ1) is 8.47. The minimum absolute atomic E-state index is 0.0409. The number of hydrogen-bond acceptors (Lipinski definition) is 2. The highest BCUT2D eigenvalue weighted by Crippen LogP contribution is 2.42. The Morgan fingerprint density at radius 1 is 1.26 bits per heavy atom. The molecule has 6 heteroatoms. The second kappa shape index (κ2) is 5.35. The van der Waals surface area contributed by atoms with Crippen molar-refractivity contribution in [3.05, 3.63) is 27.7 Å². The van der Waals surface area contributed by atoms with E-state index in [0.717, 1.165) is 0 Å². The molecule has 0 saturated heterocycles. The molecule has 0 atom stereocenters.